The SMILES string of the molecule is FC(F)(F)Oc1cc(CCl)c(I)nc1C(F)(F)F. The van der Waals surface area contributed by atoms with Gasteiger partial charge in [0.25, 0.3) is 0 Å². The summed E-state index contributed by atoms with van der Waals surface area (Å²) in [5.74, 6) is -1.69. The maximum Gasteiger partial charge on any atom is 0.573 e. The van der Waals surface area contributed by atoms with Crippen LogP contribution in [0, 0.1) is 3.70 Å². The van der Waals surface area contributed by atoms with Gasteiger partial charge in [-0.15, -0.1) is 24.8 Å². The highest BCUT2D eigenvalue weighted by atomic mass is 127. The van der Waals surface area contributed by atoms with Crippen LogP contribution >= 0.6 is 34.2 Å². The van der Waals surface area contributed by atoms with Crippen LogP contribution in [-0.2, 0) is 12.1 Å². The number of alkyl halides is 7. The molecule has 1 aromatic heterocycles. The van der Waals surface area contributed by atoms with Gasteiger partial charge < -0.3 is 4.74 Å². The molecule has 0 N–H and O–H groups in total. The first-order valence-corrected chi connectivity index (χ1v) is 5.74. The molecule has 0 saturated carbocycles. The summed E-state index contributed by atoms with van der Waals surface area (Å²) in [5.41, 5.74) is -1.72. The van der Waals surface area contributed by atoms with E-state index in [-0.39, 0.29) is 15.1 Å². The molecule has 10 heteroatoms. The summed E-state index contributed by atoms with van der Waals surface area (Å²) in [7, 11) is 0. The van der Waals surface area contributed by atoms with Crippen molar-refractivity contribution in [3.63, 3.8) is 0 Å². The van der Waals surface area contributed by atoms with Crippen LogP contribution in [0.25, 0.3) is 0 Å². The van der Waals surface area contributed by atoms with E-state index in [1.54, 1.807) is 0 Å². The van der Waals surface area contributed by atoms with E-state index < -0.39 is 24.0 Å². The van der Waals surface area contributed by atoms with Gasteiger partial charge in [-0.05, 0) is 28.7 Å². The van der Waals surface area contributed by atoms with Crippen LogP contribution in [0.3, 0.4) is 0 Å². The first-order chi connectivity index (χ1) is 8.04. The predicted molar refractivity (Wildman–Crippen MR) is 58.2 cm³/mol. The monoisotopic (exact) mass is 405 g/mol. The van der Waals surface area contributed by atoms with Crippen LogP contribution < -0.4 is 4.74 Å². The van der Waals surface area contributed by atoms with E-state index in [9.17, 15) is 26.3 Å². The van der Waals surface area contributed by atoms with E-state index >= 15 is 0 Å². The lowest BCUT2D eigenvalue weighted by atomic mass is 10.2. The molecule has 0 fully saturated rings. The molecule has 0 aromatic carbocycles. The molecule has 1 heterocycles. The quantitative estimate of drug-likeness (QED) is 0.316. The Balaban J connectivity index is 3.35. The Bertz CT molecular complexity index is 446. The number of rotatable bonds is 2. The second-order valence-electron chi connectivity index (χ2n) is 2.96. The Morgan fingerprint density at radius 2 is 1.78 bits per heavy atom. The lowest BCUT2D eigenvalue weighted by Crippen LogP contribution is -2.21. The van der Waals surface area contributed by atoms with Crippen molar-refractivity contribution in [2.24, 2.45) is 0 Å². The van der Waals surface area contributed by atoms with Crippen LogP contribution in [0.4, 0.5) is 26.3 Å². The van der Waals surface area contributed by atoms with Gasteiger partial charge in [0.1, 0.15) is 3.70 Å². The Morgan fingerprint density at radius 1 is 1.22 bits per heavy atom. The normalized spacial score (nSPS) is 12.7. The van der Waals surface area contributed by atoms with Crippen molar-refractivity contribution in [2.75, 3.05) is 0 Å². The molecule has 0 radical (unpaired) electrons. The standard InChI is InChI=1S/C8H3ClF6INO/c9-2-3-1-4(18-8(13,14)15)5(7(10,11)12)17-6(3)16/h1H,2H2. The van der Waals surface area contributed by atoms with E-state index in [4.69, 9.17) is 11.6 Å². The van der Waals surface area contributed by atoms with Crippen LogP contribution in [0.1, 0.15) is 11.3 Å². The Labute approximate surface area is 115 Å². The fourth-order valence-corrected chi connectivity index (χ4v) is 2.03. The minimum Gasteiger partial charge on any atom is -0.403 e. The van der Waals surface area contributed by atoms with E-state index in [1.165, 1.54) is 22.6 Å². The number of halogens is 8. The van der Waals surface area contributed by atoms with Gasteiger partial charge in [0, 0.05) is 5.56 Å². The zero-order valence-electron chi connectivity index (χ0n) is 8.16. The predicted octanol–water partition coefficient (Wildman–Crippen LogP) is 4.34. The number of ether oxygens (including phenoxy) is 1. The van der Waals surface area contributed by atoms with E-state index in [1.807, 2.05) is 0 Å². The third-order valence-corrected chi connectivity index (χ3v) is 2.87. The summed E-state index contributed by atoms with van der Waals surface area (Å²) >= 11 is 6.83. The van der Waals surface area contributed by atoms with Crippen LogP contribution in [0.15, 0.2) is 6.07 Å². The number of aromatic nitrogens is 1. The van der Waals surface area contributed by atoms with E-state index in [2.05, 4.69) is 9.72 Å². The minimum atomic E-state index is -5.24. The van der Waals surface area contributed by atoms with Gasteiger partial charge in [0.2, 0.25) is 0 Å². The summed E-state index contributed by atoms with van der Waals surface area (Å²) in [6.07, 6.45) is -10.3. The fourth-order valence-electron chi connectivity index (χ4n) is 1.01. The van der Waals surface area contributed by atoms with Crippen LogP contribution in [0.5, 0.6) is 5.75 Å². The lowest BCUT2D eigenvalue weighted by Gasteiger charge is -2.16. The molecule has 0 unspecified atom stereocenters. The Hall–Kier alpha value is -0.450. The summed E-state index contributed by atoms with van der Waals surface area (Å²) in [5, 5.41) is 0. The maximum absolute atomic E-state index is 12.5. The second-order valence-corrected chi connectivity index (χ2v) is 4.25. The van der Waals surface area contributed by atoms with Crippen LogP contribution in [-0.4, -0.2) is 11.3 Å². The van der Waals surface area contributed by atoms with Crippen molar-refractivity contribution in [3.8, 4) is 5.75 Å². The summed E-state index contributed by atoms with van der Waals surface area (Å²) in [6, 6.07) is 0.581. The van der Waals surface area contributed by atoms with Gasteiger partial charge in [0.15, 0.2) is 11.4 Å². The molecule has 0 bridgehead atoms. The molecule has 2 nitrogen and oxygen atoms in total. The third kappa shape index (κ3) is 4.04. The molecule has 0 aliphatic heterocycles. The molecule has 1 aromatic rings. The molecule has 0 saturated heterocycles. The molecule has 0 amide bonds. The number of hydrogen-bond donors (Lipinski definition) is 0. The van der Waals surface area contributed by atoms with Crippen molar-refractivity contribution < 1.29 is 31.1 Å². The van der Waals surface area contributed by atoms with Crippen molar-refractivity contribution in [1.29, 1.82) is 0 Å². The van der Waals surface area contributed by atoms with Gasteiger partial charge in [0.05, 0.1) is 5.88 Å². The topological polar surface area (TPSA) is 22.1 Å². The largest absolute Gasteiger partial charge is 0.573 e. The highest BCUT2D eigenvalue weighted by molar-refractivity contribution is 14.1. The zero-order chi connectivity index (χ0) is 14.1. The van der Waals surface area contributed by atoms with Gasteiger partial charge in [-0.3, -0.25) is 0 Å². The highest BCUT2D eigenvalue weighted by Gasteiger charge is 2.41. The zero-order valence-corrected chi connectivity index (χ0v) is 11.1. The summed E-state index contributed by atoms with van der Waals surface area (Å²) < 4.78 is 76.6. The van der Waals surface area contributed by atoms with Crippen molar-refractivity contribution in [1.82, 2.24) is 4.98 Å². The Morgan fingerprint density at radius 3 is 2.17 bits per heavy atom. The van der Waals surface area contributed by atoms with Gasteiger partial charge >= 0.3 is 12.5 Å². The molecule has 1 rings (SSSR count). The third-order valence-electron chi connectivity index (χ3n) is 1.65. The minimum absolute atomic E-state index is 0.0181. The van der Waals surface area contributed by atoms with E-state index in [0.717, 1.165) is 0 Å². The van der Waals surface area contributed by atoms with Crippen molar-refractivity contribution in [3.05, 3.63) is 21.0 Å². The molecule has 102 valence electrons. The number of pyridine rings is 1. The molecular weight excluding hydrogens is 402 g/mol. The molecule has 0 spiro atoms. The summed E-state index contributed by atoms with van der Waals surface area (Å²) in [4.78, 5) is 3.05. The van der Waals surface area contributed by atoms with Gasteiger partial charge in [-0.2, -0.15) is 13.2 Å². The molecule has 0 aliphatic carbocycles. The van der Waals surface area contributed by atoms with Crippen molar-refractivity contribution in [2.45, 2.75) is 18.4 Å². The number of nitrogens with zero attached hydrogens (tertiary/aromatic N) is 1. The van der Waals surface area contributed by atoms with Crippen LogP contribution in [0.2, 0.25) is 0 Å². The molecular formula is C8H3ClF6INO. The summed E-state index contributed by atoms with van der Waals surface area (Å²) in [6.45, 7) is 0. The molecule has 0 atom stereocenters. The lowest BCUT2D eigenvalue weighted by molar-refractivity contribution is -0.276. The number of hydrogen-bond acceptors (Lipinski definition) is 2. The van der Waals surface area contributed by atoms with E-state index in [0.29, 0.717) is 6.07 Å². The molecule has 18 heavy (non-hydrogen) atoms. The van der Waals surface area contributed by atoms with Crippen molar-refractivity contribution >= 4 is 34.2 Å². The maximum atomic E-state index is 12.5. The average Bonchev–Trinajstić information content (AvgIpc) is 2.16. The smallest absolute Gasteiger partial charge is 0.403 e. The molecule has 0 aliphatic rings. The average molecular weight is 405 g/mol. The second kappa shape index (κ2) is 5.27. The fraction of sp³-hybridized carbons (Fsp3) is 0.375. The highest BCUT2D eigenvalue weighted by Crippen LogP contribution is 2.38. The first-order valence-electron chi connectivity index (χ1n) is 4.13. The Kier molecular flexibility index (Phi) is 4.57. The van der Waals surface area contributed by atoms with Gasteiger partial charge in [-0.25, -0.2) is 4.98 Å². The van der Waals surface area contributed by atoms with Gasteiger partial charge in [-0.1, -0.05) is 0 Å². The first kappa shape index (κ1) is 15.6.